The van der Waals surface area contributed by atoms with Crippen molar-refractivity contribution in [1.29, 1.82) is 10.5 Å². The van der Waals surface area contributed by atoms with Gasteiger partial charge in [-0.3, -0.25) is 0 Å². The smallest absolute Gasteiger partial charge is 0.105 e. The molecule has 6 aromatic carbocycles. The Morgan fingerprint density at radius 3 is 1.38 bits per heavy atom. The fraction of sp³-hybridized carbons (Fsp3) is 0.0323. The zero-order valence-corrected chi connectivity index (χ0v) is 18.2. The van der Waals surface area contributed by atoms with E-state index >= 15 is 0 Å². The van der Waals surface area contributed by atoms with E-state index in [1.54, 1.807) is 0 Å². The van der Waals surface area contributed by atoms with Gasteiger partial charge in [0.1, 0.15) is 18.2 Å². The number of hydrogen-bond acceptors (Lipinski definition) is 3. The van der Waals surface area contributed by atoms with Crippen molar-refractivity contribution < 1.29 is 5.11 Å². The number of hydrogen-bond donors (Lipinski definition) is 1. The number of aliphatic hydroxyl groups excluding tert-OH is 1. The predicted octanol–water partition coefficient (Wildman–Crippen LogP) is 7.12. The van der Waals surface area contributed by atoms with Crippen LogP contribution in [0.1, 0.15) is 28.4 Å². The minimum absolute atomic E-state index is 0.550. The molecule has 6 rings (SSSR count). The Morgan fingerprint density at radius 2 is 0.941 bits per heavy atom. The maximum Gasteiger partial charge on any atom is 0.105 e. The van der Waals surface area contributed by atoms with Crippen molar-refractivity contribution in [3.05, 3.63) is 119 Å². The van der Waals surface area contributed by atoms with E-state index in [1.165, 1.54) is 0 Å². The van der Waals surface area contributed by atoms with Crippen molar-refractivity contribution >= 4 is 43.1 Å². The van der Waals surface area contributed by atoms with E-state index in [0.29, 0.717) is 22.3 Å². The van der Waals surface area contributed by atoms with Gasteiger partial charge < -0.3 is 5.11 Å². The second-order valence-corrected chi connectivity index (χ2v) is 8.46. The van der Waals surface area contributed by atoms with Crippen molar-refractivity contribution in [1.82, 2.24) is 0 Å². The minimum atomic E-state index is -1.01. The van der Waals surface area contributed by atoms with Crippen LogP contribution in [0.4, 0.5) is 0 Å². The van der Waals surface area contributed by atoms with Crippen molar-refractivity contribution in [3.8, 4) is 12.1 Å². The van der Waals surface area contributed by atoms with E-state index in [1.807, 2.05) is 84.9 Å². The highest BCUT2D eigenvalue weighted by Gasteiger charge is 2.21. The Kier molecular flexibility index (Phi) is 4.52. The van der Waals surface area contributed by atoms with Crippen LogP contribution in [-0.2, 0) is 0 Å². The van der Waals surface area contributed by atoms with E-state index in [-0.39, 0.29) is 0 Å². The second-order valence-electron chi connectivity index (χ2n) is 8.46. The van der Waals surface area contributed by atoms with Crippen LogP contribution >= 0.6 is 0 Å². The van der Waals surface area contributed by atoms with Crippen molar-refractivity contribution in [3.63, 3.8) is 0 Å². The van der Waals surface area contributed by atoms with Gasteiger partial charge in [0.05, 0.1) is 11.1 Å². The molecule has 1 N–H and O–H groups in total. The Balaban J connectivity index is 1.69. The molecule has 3 heteroatoms. The highest BCUT2D eigenvalue weighted by atomic mass is 16.3. The summed E-state index contributed by atoms with van der Waals surface area (Å²) in [6.07, 6.45) is -1.01. The van der Waals surface area contributed by atoms with Crippen LogP contribution in [0.3, 0.4) is 0 Å². The molecule has 0 saturated carbocycles. The second kappa shape index (κ2) is 7.71. The number of benzene rings is 6. The summed E-state index contributed by atoms with van der Waals surface area (Å²) in [4.78, 5) is 0. The first kappa shape index (κ1) is 19.9. The lowest BCUT2D eigenvalue weighted by Crippen LogP contribution is -2.04. The van der Waals surface area contributed by atoms with Crippen LogP contribution in [0.2, 0.25) is 0 Å². The predicted molar refractivity (Wildman–Crippen MR) is 136 cm³/mol. The molecule has 0 spiro atoms. The van der Waals surface area contributed by atoms with Gasteiger partial charge in [0.2, 0.25) is 0 Å². The van der Waals surface area contributed by atoms with Gasteiger partial charge in [0.25, 0.3) is 0 Å². The van der Waals surface area contributed by atoms with E-state index in [2.05, 4.69) is 24.3 Å². The van der Waals surface area contributed by atoms with Gasteiger partial charge in [-0.05, 0) is 44.8 Å². The van der Waals surface area contributed by atoms with Crippen LogP contribution in [0.5, 0.6) is 0 Å². The minimum Gasteiger partial charge on any atom is -0.384 e. The maximum atomic E-state index is 11.8. The zero-order chi connectivity index (χ0) is 23.2. The van der Waals surface area contributed by atoms with Crippen LogP contribution in [0, 0.1) is 22.7 Å². The maximum absolute atomic E-state index is 11.8. The van der Waals surface area contributed by atoms with E-state index in [9.17, 15) is 15.6 Å². The Morgan fingerprint density at radius 1 is 0.529 bits per heavy atom. The molecular weight excluding hydrogens is 416 g/mol. The molecule has 0 aliphatic heterocycles. The molecule has 0 radical (unpaired) electrons. The van der Waals surface area contributed by atoms with E-state index in [0.717, 1.165) is 43.1 Å². The van der Waals surface area contributed by atoms with Gasteiger partial charge in [0, 0.05) is 21.5 Å². The topological polar surface area (TPSA) is 67.8 Å². The van der Waals surface area contributed by atoms with Gasteiger partial charge in [-0.25, -0.2) is 0 Å². The first-order valence-corrected chi connectivity index (χ1v) is 11.1. The summed E-state index contributed by atoms with van der Waals surface area (Å²) in [6, 6.07) is 36.0. The summed E-state index contributed by atoms with van der Waals surface area (Å²) in [6.45, 7) is 0. The van der Waals surface area contributed by atoms with Crippen LogP contribution in [0.25, 0.3) is 43.1 Å². The molecule has 0 bridgehead atoms. The number of nitriles is 2. The molecule has 0 saturated heterocycles. The molecule has 0 atom stereocenters. The van der Waals surface area contributed by atoms with Gasteiger partial charge in [-0.2, -0.15) is 10.5 Å². The Labute approximate surface area is 196 Å². The SMILES string of the molecule is N#Cc1c2ccccc2cc2cccc(C(O)c3cccc4cc5ccccc5c(C#N)c34)c12. The molecule has 0 aliphatic carbocycles. The lowest BCUT2D eigenvalue weighted by molar-refractivity contribution is 0.223. The fourth-order valence-corrected chi connectivity index (χ4v) is 5.16. The molecule has 0 aliphatic rings. The highest BCUT2D eigenvalue weighted by Crippen LogP contribution is 2.39. The summed E-state index contributed by atoms with van der Waals surface area (Å²) in [7, 11) is 0. The fourth-order valence-electron chi connectivity index (χ4n) is 5.16. The molecule has 3 nitrogen and oxygen atoms in total. The largest absolute Gasteiger partial charge is 0.384 e. The van der Waals surface area contributed by atoms with E-state index < -0.39 is 6.10 Å². The summed E-state index contributed by atoms with van der Waals surface area (Å²) < 4.78 is 0. The summed E-state index contributed by atoms with van der Waals surface area (Å²) in [5, 5.41) is 39.0. The molecule has 0 fully saturated rings. The average molecular weight is 434 g/mol. The molecule has 6 aromatic rings. The molecule has 0 aromatic heterocycles. The Bertz CT molecular complexity index is 1720. The number of aliphatic hydroxyl groups is 1. The Hall–Kier alpha value is -4.70. The summed E-state index contributed by atoms with van der Waals surface area (Å²) in [5.74, 6) is 0. The lowest BCUT2D eigenvalue weighted by atomic mass is 9.87. The summed E-state index contributed by atoms with van der Waals surface area (Å²) in [5.41, 5.74) is 2.41. The molecule has 34 heavy (non-hydrogen) atoms. The van der Waals surface area contributed by atoms with Gasteiger partial charge in [-0.15, -0.1) is 0 Å². The molecular formula is C31H18N2O. The number of nitrogens with zero attached hydrogens (tertiary/aromatic N) is 2. The summed E-state index contributed by atoms with van der Waals surface area (Å²) >= 11 is 0. The normalized spacial score (nSPS) is 11.3. The third-order valence-corrected chi connectivity index (χ3v) is 6.65. The lowest BCUT2D eigenvalue weighted by Gasteiger charge is -2.19. The van der Waals surface area contributed by atoms with E-state index in [4.69, 9.17) is 0 Å². The third kappa shape index (κ3) is 2.86. The molecule has 0 amide bonds. The monoisotopic (exact) mass is 434 g/mol. The number of rotatable bonds is 2. The van der Waals surface area contributed by atoms with Crippen molar-refractivity contribution in [2.75, 3.05) is 0 Å². The average Bonchev–Trinajstić information content (AvgIpc) is 2.89. The van der Waals surface area contributed by atoms with Gasteiger partial charge >= 0.3 is 0 Å². The van der Waals surface area contributed by atoms with Crippen molar-refractivity contribution in [2.45, 2.75) is 6.10 Å². The first-order chi connectivity index (χ1) is 16.7. The zero-order valence-electron chi connectivity index (χ0n) is 18.2. The van der Waals surface area contributed by atoms with Crippen LogP contribution in [0.15, 0.2) is 97.1 Å². The van der Waals surface area contributed by atoms with Gasteiger partial charge in [-0.1, -0.05) is 84.9 Å². The van der Waals surface area contributed by atoms with Crippen molar-refractivity contribution in [2.24, 2.45) is 0 Å². The standard InChI is InChI=1S/C31H18N2O/c32-17-27-23-11-3-1-7-19(23)15-21-9-5-13-25(29(21)27)31(34)26-14-6-10-22-16-20-8-2-4-12-24(20)28(18-33)30(22)26/h1-16,31,34H. The first-order valence-electron chi connectivity index (χ1n) is 11.1. The van der Waals surface area contributed by atoms with Crippen LogP contribution in [-0.4, -0.2) is 5.11 Å². The molecule has 158 valence electrons. The highest BCUT2D eigenvalue weighted by molar-refractivity contribution is 6.08. The van der Waals surface area contributed by atoms with Gasteiger partial charge in [0.15, 0.2) is 0 Å². The molecule has 0 unspecified atom stereocenters. The molecule has 0 heterocycles. The number of fused-ring (bicyclic) bond motifs is 4. The van der Waals surface area contributed by atoms with Crippen LogP contribution < -0.4 is 0 Å². The quantitative estimate of drug-likeness (QED) is 0.295. The third-order valence-electron chi connectivity index (χ3n) is 6.65.